The number of Topliss-reactive ketones (excluding diaryl/α,β-unsaturated/α-hetero) is 1. The maximum Gasteiger partial charge on any atom is 0.230 e. The molecule has 1 aromatic rings. The molecule has 0 spiro atoms. The summed E-state index contributed by atoms with van der Waals surface area (Å²) in [5.74, 6) is 0.317. The average molecular weight is 244 g/mol. The zero-order valence-corrected chi connectivity index (χ0v) is 9.98. The quantitative estimate of drug-likeness (QED) is 0.744. The summed E-state index contributed by atoms with van der Waals surface area (Å²) in [6.07, 6.45) is 0.288. The van der Waals surface area contributed by atoms with E-state index >= 15 is 0 Å². The molecule has 82 valence electrons. The fourth-order valence-corrected chi connectivity index (χ4v) is 3.82. The molecule has 0 aromatic heterocycles. The lowest BCUT2D eigenvalue weighted by molar-refractivity contribution is -0.116. The Labute approximate surface area is 93.2 Å². The van der Waals surface area contributed by atoms with Crippen molar-refractivity contribution in [2.45, 2.75) is 18.2 Å². The molecule has 0 aliphatic rings. The van der Waals surface area contributed by atoms with E-state index in [1.165, 1.54) is 6.92 Å². The van der Waals surface area contributed by atoms with E-state index in [1.54, 1.807) is 30.3 Å². The van der Waals surface area contributed by atoms with Crippen LogP contribution in [0.3, 0.4) is 0 Å². The van der Waals surface area contributed by atoms with Gasteiger partial charge in [-0.3, -0.25) is 4.79 Å². The smallest absolute Gasteiger partial charge is 0.230 e. The normalized spacial score (nSPS) is 11.3. The van der Waals surface area contributed by atoms with Crippen molar-refractivity contribution in [1.82, 2.24) is 0 Å². The second-order valence-corrected chi connectivity index (χ2v) is 7.09. The molecule has 0 amide bonds. The van der Waals surface area contributed by atoms with E-state index in [0.29, 0.717) is 10.6 Å². The molecule has 0 bridgehead atoms. The van der Waals surface area contributed by atoms with E-state index in [2.05, 4.69) is 0 Å². The van der Waals surface area contributed by atoms with Crippen LogP contribution < -0.4 is 0 Å². The summed E-state index contributed by atoms with van der Waals surface area (Å²) < 4.78 is 23.3. The molecule has 0 aliphatic carbocycles. The van der Waals surface area contributed by atoms with Crippen molar-refractivity contribution in [3.63, 3.8) is 0 Å². The van der Waals surface area contributed by atoms with Crippen molar-refractivity contribution < 1.29 is 13.2 Å². The molecular formula is C10H12O3S2. The van der Waals surface area contributed by atoms with Gasteiger partial charge in [0.1, 0.15) is 5.78 Å². The second-order valence-electron chi connectivity index (χ2n) is 3.04. The lowest BCUT2D eigenvalue weighted by Crippen LogP contribution is -1.99. The standard InChI is InChI=1S/C10H12O3S2/c1-9(11)7-8-14-15(12,13)10-5-3-2-4-6-10/h2-6H,7-8H2,1H3. The van der Waals surface area contributed by atoms with E-state index in [0.717, 1.165) is 10.8 Å². The minimum absolute atomic E-state index is 0.00533. The highest BCUT2D eigenvalue weighted by atomic mass is 33.1. The minimum atomic E-state index is -3.29. The van der Waals surface area contributed by atoms with Crippen LogP contribution in [0.15, 0.2) is 35.2 Å². The molecule has 0 aliphatic heterocycles. The lowest BCUT2D eigenvalue weighted by Gasteiger charge is -2.01. The third-order valence-electron chi connectivity index (χ3n) is 1.72. The highest BCUT2D eigenvalue weighted by Gasteiger charge is 2.14. The first-order valence-electron chi connectivity index (χ1n) is 4.46. The van der Waals surface area contributed by atoms with Crippen molar-refractivity contribution in [1.29, 1.82) is 0 Å². The van der Waals surface area contributed by atoms with Crippen LogP contribution in [0.2, 0.25) is 0 Å². The molecule has 5 heteroatoms. The number of rotatable bonds is 5. The summed E-state index contributed by atoms with van der Waals surface area (Å²) in [5, 5.41) is 0. The number of carbonyl (C=O) groups is 1. The fourth-order valence-electron chi connectivity index (χ4n) is 0.950. The van der Waals surface area contributed by atoms with Crippen LogP contribution in [-0.4, -0.2) is 20.0 Å². The third-order valence-corrected chi connectivity index (χ3v) is 5.26. The van der Waals surface area contributed by atoms with Gasteiger partial charge in [0.15, 0.2) is 0 Å². The Kier molecular flexibility index (Phi) is 4.35. The Morgan fingerprint density at radius 1 is 1.27 bits per heavy atom. The summed E-state index contributed by atoms with van der Waals surface area (Å²) in [5.41, 5.74) is 0. The van der Waals surface area contributed by atoms with Gasteiger partial charge in [0, 0.05) is 12.2 Å². The first-order valence-corrected chi connectivity index (χ1v) is 7.45. The molecule has 0 fully saturated rings. The topological polar surface area (TPSA) is 51.2 Å². The van der Waals surface area contributed by atoms with Gasteiger partial charge in [-0.15, -0.1) is 0 Å². The maximum atomic E-state index is 11.7. The fraction of sp³-hybridized carbons (Fsp3) is 0.300. The predicted molar refractivity (Wildman–Crippen MR) is 61.4 cm³/mol. The maximum absolute atomic E-state index is 11.7. The Morgan fingerprint density at radius 3 is 2.40 bits per heavy atom. The predicted octanol–water partition coefficient (Wildman–Crippen LogP) is 2.09. The molecule has 0 unspecified atom stereocenters. The molecule has 0 heterocycles. The van der Waals surface area contributed by atoms with E-state index in [4.69, 9.17) is 0 Å². The van der Waals surface area contributed by atoms with E-state index < -0.39 is 8.87 Å². The number of benzene rings is 1. The van der Waals surface area contributed by atoms with Crippen LogP contribution >= 0.6 is 10.8 Å². The van der Waals surface area contributed by atoms with Crippen LogP contribution in [0, 0.1) is 0 Å². The molecular weight excluding hydrogens is 232 g/mol. The molecule has 1 aromatic carbocycles. The monoisotopic (exact) mass is 244 g/mol. The Morgan fingerprint density at radius 2 is 1.87 bits per heavy atom. The van der Waals surface area contributed by atoms with Crippen molar-refractivity contribution in [3.8, 4) is 0 Å². The van der Waals surface area contributed by atoms with Crippen LogP contribution in [0.5, 0.6) is 0 Å². The van der Waals surface area contributed by atoms with Crippen molar-refractivity contribution in [2.75, 3.05) is 5.75 Å². The van der Waals surface area contributed by atoms with E-state index in [1.807, 2.05) is 0 Å². The van der Waals surface area contributed by atoms with Gasteiger partial charge in [-0.05, 0) is 29.9 Å². The second kappa shape index (κ2) is 5.32. The van der Waals surface area contributed by atoms with Crippen LogP contribution in [0.4, 0.5) is 0 Å². The van der Waals surface area contributed by atoms with E-state index in [9.17, 15) is 13.2 Å². The highest BCUT2D eigenvalue weighted by Crippen LogP contribution is 2.23. The van der Waals surface area contributed by atoms with E-state index in [-0.39, 0.29) is 12.2 Å². The summed E-state index contributed by atoms with van der Waals surface area (Å²) in [6.45, 7) is 1.45. The van der Waals surface area contributed by atoms with Gasteiger partial charge in [0.05, 0.1) is 4.90 Å². The minimum Gasteiger partial charge on any atom is -0.300 e. The Bertz CT molecular complexity index is 423. The first kappa shape index (κ1) is 12.3. The first-order chi connectivity index (χ1) is 7.02. The summed E-state index contributed by atoms with van der Waals surface area (Å²) in [7, 11) is -2.48. The highest BCUT2D eigenvalue weighted by molar-refractivity contribution is 8.72. The van der Waals surface area contributed by atoms with Crippen LogP contribution in [-0.2, 0) is 13.7 Å². The molecule has 3 nitrogen and oxygen atoms in total. The zero-order valence-electron chi connectivity index (χ0n) is 8.34. The molecule has 0 radical (unpaired) electrons. The molecule has 0 N–H and O–H groups in total. The molecule has 0 saturated heterocycles. The average Bonchev–Trinajstić information content (AvgIpc) is 2.18. The Hall–Kier alpha value is -0.810. The van der Waals surface area contributed by atoms with Crippen LogP contribution in [0.25, 0.3) is 0 Å². The van der Waals surface area contributed by atoms with Crippen molar-refractivity contribution in [2.24, 2.45) is 0 Å². The van der Waals surface area contributed by atoms with Crippen LogP contribution in [0.1, 0.15) is 13.3 Å². The summed E-state index contributed by atoms with van der Waals surface area (Å²) in [4.78, 5) is 10.9. The number of carbonyl (C=O) groups excluding carboxylic acids is 1. The number of ketones is 1. The van der Waals surface area contributed by atoms with Gasteiger partial charge in [-0.25, -0.2) is 8.42 Å². The van der Waals surface area contributed by atoms with Gasteiger partial charge in [0.25, 0.3) is 0 Å². The van der Waals surface area contributed by atoms with Crippen molar-refractivity contribution >= 4 is 25.4 Å². The molecule has 0 saturated carbocycles. The lowest BCUT2D eigenvalue weighted by atomic mass is 10.4. The Balaban J connectivity index is 2.65. The SMILES string of the molecule is CC(=O)CCSS(=O)(=O)c1ccccc1. The van der Waals surface area contributed by atoms with Gasteiger partial charge in [0.2, 0.25) is 8.87 Å². The third kappa shape index (κ3) is 4.05. The zero-order chi connectivity index (χ0) is 11.3. The van der Waals surface area contributed by atoms with Crippen molar-refractivity contribution in [3.05, 3.63) is 30.3 Å². The largest absolute Gasteiger partial charge is 0.300 e. The summed E-state index contributed by atoms with van der Waals surface area (Å²) in [6, 6.07) is 8.22. The molecule has 1 rings (SSSR count). The van der Waals surface area contributed by atoms with Gasteiger partial charge in [-0.1, -0.05) is 18.2 Å². The number of hydrogen-bond donors (Lipinski definition) is 0. The number of hydrogen-bond acceptors (Lipinski definition) is 4. The van der Waals surface area contributed by atoms with Gasteiger partial charge in [-0.2, -0.15) is 0 Å². The molecule has 15 heavy (non-hydrogen) atoms. The van der Waals surface area contributed by atoms with Gasteiger partial charge >= 0.3 is 0 Å². The van der Waals surface area contributed by atoms with Gasteiger partial charge < -0.3 is 0 Å². The molecule has 0 atom stereocenters. The summed E-state index contributed by atoms with van der Waals surface area (Å²) >= 11 is 0.